The number of nitrogens with zero attached hydrogens (tertiary/aromatic N) is 4. The van der Waals surface area contributed by atoms with Gasteiger partial charge in [-0.3, -0.25) is 15.0 Å². The molecular formula is C18H16N6O. The number of amides is 2. The lowest BCUT2D eigenvalue weighted by Crippen LogP contribution is -2.20. The normalized spacial score (nSPS) is 10.0. The average Bonchev–Trinajstić information content (AvgIpc) is 3.08. The molecular weight excluding hydrogens is 316 g/mol. The van der Waals surface area contributed by atoms with Crippen LogP contribution >= 0.6 is 0 Å². The van der Waals surface area contributed by atoms with Gasteiger partial charge in [-0.05, 0) is 23.8 Å². The molecule has 0 saturated heterocycles. The van der Waals surface area contributed by atoms with Crippen LogP contribution in [-0.4, -0.2) is 20.8 Å². The second-order valence-electron chi connectivity index (χ2n) is 5.23. The lowest BCUT2D eigenvalue weighted by atomic mass is 10.1. The average molecular weight is 332 g/mol. The van der Waals surface area contributed by atoms with Crippen LogP contribution in [0.5, 0.6) is 0 Å². The summed E-state index contributed by atoms with van der Waals surface area (Å²) >= 11 is 0. The topological polar surface area (TPSA) is 95.6 Å². The number of nitrogens with one attached hydrogen (secondary N) is 2. The first-order valence-corrected chi connectivity index (χ1v) is 7.74. The fourth-order valence-corrected chi connectivity index (χ4v) is 2.36. The molecule has 2 aromatic heterocycles. The van der Waals surface area contributed by atoms with E-state index in [9.17, 15) is 4.79 Å². The van der Waals surface area contributed by atoms with Gasteiger partial charge in [0, 0.05) is 30.2 Å². The van der Waals surface area contributed by atoms with E-state index in [1.54, 1.807) is 29.3 Å². The zero-order valence-corrected chi connectivity index (χ0v) is 13.4. The Labute approximate surface area is 144 Å². The van der Waals surface area contributed by atoms with Gasteiger partial charge in [-0.1, -0.05) is 18.2 Å². The standard InChI is InChI=1S/C18H16N6O/c19-9-3-12-24-13-8-17(23-24)22-18(25)21-16-5-2-1-4-15(16)14-6-10-20-11-7-14/h1-2,4-8,10-11,13H,3,12H2,(H2,21,22,23,25). The first-order chi connectivity index (χ1) is 12.3. The highest BCUT2D eigenvalue weighted by Crippen LogP contribution is 2.27. The van der Waals surface area contributed by atoms with Crippen molar-refractivity contribution in [3.63, 3.8) is 0 Å². The van der Waals surface area contributed by atoms with E-state index in [1.165, 1.54) is 0 Å². The quantitative estimate of drug-likeness (QED) is 0.747. The summed E-state index contributed by atoms with van der Waals surface area (Å²) in [6, 6.07) is 14.7. The lowest BCUT2D eigenvalue weighted by molar-refractivity contribution is 0.262. The number of nitriles is 1. The largest absolute Gasteiger partial charge is 0.324 e. The minimum absolute atomic E-state index is 0.368. The molecule has 0 bridgehead atoms. The molecule has 3 aromatic rings. The summed E-state index contributed by atoms with van der Waals surface area (Å²) in [7, 11) is 0. The molecule has 7 nitrogen and oxygen atoms in total. The Morgan fingerprint density at radius 3 is 2.72 bits per heavy atom. The fraction of sp³-hybridized carbons (Fsp3) is 0.111. The van der Waals surface area contributed by atoms with E-state index in [-0.39, 0.29) is 6.03 Å². The number of aryl methyl sites for hydroxylation is 1. The van der Waals surface area contributed by atoms with Crippen molar-refractivity contribution in [1.82, 2.24) is 14.8 Å². The molecule has 0 unspecified atom stereocenters. The van der Waals surface area contributed by atoms with Gasteiger partial charge in [0.2, 0.25) is 0 Å². The second kappa shape index (κ2) is 7.75. The molecule has 0 aliphatic rings. The number of anilines is 2. The van der Waals surface area contributed by atoms with Gasteiger partial charge >= 0.3 is 6.03 Å². The van der Waals surface area contributed by atoms with E-state index in [0.717, 1.165) is 11.1 Å². The maximum absolute atomic E-state index is 12.3. The Kier molecular flexibility index (Phi) is 5.02. The van der Waals surface area contributed by atoms with E-state index >= 15 is 0 Å². The summed E-state index contributed by atoms with van der Waals surface area (Å²) in [6.07, 6.45) is 5.50. The second-order valence-corrected chi connectivity index (χ2v) is 5.23. The van der Waals surface area contributed by atoms with Gasteiger partial charge in [0.25, 0.3) is 0 Å². The number of benzene rings is 1. The number of para-hydroxylation sites is 1. The number of urea groups is 1. The summed E-state index contributed by atoms with van der Waals surface area (Å²) in [5.41, 5.74) is 2.56. The highest BCUT2D eigenvalue weighted by atomic mass is 16.2. The van der Waals surface area contributed by atoms with Crippen LogP contribution in [-0.2, 0) is 6.54 Å². The van der Waals surface area contributed by atoms with Crippen molar-refractivity contribution >= 4 is 17.5 Å². The number of rotatable bonds is 5. The SMILES string of the molecule is N#CCCn1ccc(NC(=O)Nc2ccccc2-c2ccncc2)n1. The van der Waals surface area contributed by atoms with E-state index in [2.05, 4.69) is 26.8 Å². The van der Waals surface area contributed by atoms with Crippen molar-refractivity contribution in [2.75, 3.05) is 10.6 Å². The van der Waals surface area contributed by atoms with Crippen LogP contribution < -0.4 is 10.6 Å². The Balaban J connectivity index is 1.70. The van der Waals surface area contributed by atoms with E-state index < -0.39 is 0 Å². The third-order valence-corrected chi connectivity index (χ3v) is 3.50. The van der Waals surface area contributed by atoms with Crippen molar-refractivity contribution in [2.45, 2.75) is 13.0 Å². The number of carbonyl (C=O) groups is 1. The Morgan fingerprint density at radius 2 is 1.92 bits per heavy atom. The molecule has 2 heterocycles. The van der Waals surface area contributed by atoms with E-state index in [1.807, 2.05) is 36.4 Å². The van der Waals surface area contributed by atoms with Gasteiger partial charge in [-0.2, -0.15) is 10.4 Å². The van der Waals surface area contributed by atoms with Gasteiger partial charge in [0.1, 0.15) is 0 Å². The van der Waals surface area contributed by atoms with Crippen molar-refractivity contribution in [3.8, 4) is 17.2 Å². The smallest absolute Gasteiger partial charge is 0.307 e. The summed E-state index contributed by atoms with van der Waals surface area (Å²) in [4.78, 5) is 16.3. The molecule has 124 valence electrons. The van der Waals surface area contributed by atoms with Crippen LogP contribution in [0.3, 0.4) is 0 Å². The van der Waals surface area contributed by atoms with Crippen molar-refractivity contribution in [2.24, 2.45) is 0 Å². The molecule has 0 spiro atoms. The molecule has 0 aliphatic carbocycles. The monoisotopic (exact) mass is 332 g/mol. The summed E-state index contributed by atoms with van der Waals surface area (Å²) in [5, 5.41) is 18.3. The number of pyridine rings is 1. The maximum Gasteiger partial charge on any atom is 0.324 e. The minimum atomic E-state index is -0.382. The Bertz CT molecular complexity index is 897. The van der Waals surface area contributed by atoms with Crippen molar-refractivity contribution in [1.29, 1.82) is 5.26 Å². The van der Waals surface area contributed by atoms with E-state index in [4.69, 9.17) is 5.26 Å². The number of carbonyl (C=O) groups excluding carboxylic acids is 1. The van der Waals surface area contributed by atoms with Gasteiger partial charge in [-0.15, -0.1) is 0 Å². The first kappa shape index (κ1) is 16.2. The van der Waals surface area contributed by atoms with Gasteiger partial charge < -0.3 is 5.32 Å². The van der Waals surface area contributed by atoms with Crippen molar-refractivity contribution in [3.05, 3.63) is 61.1 Å². The molecule has 3 rings (SSSR count). The number of hydrogen-bond acceptors (Lipinski definition) is 4. The van der Waals surface area contributed by atoms with Crippen LogP contribution in [0.1, 0.15) is 6.42 Å². The summed E-state index contributed by atoms with van der Waals surface area (Å²) in [5.74, 6) is 0.428. The minimum Gasteiger partial charge on any atom is -0.307 e. The maximum atomic E-state index is 12.3. The zero-order chi connectivity index (χ0) is 17.5. The molecule has 0 radical (unpaired) electrons. The molecule has 25 heavy (non-hydrogen) atoms. The highest BCUT2D eigenvalue weighted by molar-refractivity contribution is 6.01. The van der Waals surface area contributed by atoms with Crippen LogP contribution in [0.2, 0.25) is 0 Å². The zero-order valence-electron chi connectivity index (χ0n) is 13.4. The molecule has 0 aliphatic heterocycles. The predicted molar refractivity (Wildman–Crippen MR) is 94.8 cm³/mol. The highest BCUT2D eigenvalue weighted by Gasteiger charge is 2.09. The molecule has 2 amide bonds. The summed E-state index contributed by atoms with van der Waals surface area (Å²) in [6.45, 7) is 0.491. The van der Waals surface area contributed by atoms with Crippen LogP contribution in [0, 0.1) is 11.3 Å². The van der Waals surface area contributed by atoms with Gasteiger partial charge in [0.15, 0.2) is 5.82 Å². The van der Waals surface area contributed by atoms with Crippen LogP contribution in [0.15, 0.2) is 61.1 Å². The van der Waals surface area contributed by atoms with E-state index in [0.29, 0.717) is 24.5 Å². The van der Waals surface area contributed by atoms with Crippen molar-refractivity contribution < 1.29 is 4.79 Å². The van der Waals surface area contributed by atoms with Gasteiger partial charge in [0.05, 0.1) is 24.7 Å². The number of aromatic nitrogens is 3. The molecule has 2 N–H and O–H groups in total. The molecule has 0 saturated carbocycles. The van der Waals surface area contributed by atoms with Crippen LogP contribution in [0.4, 0.5) is 16.3 Å². The molecule has 0 atom stereocenters. The molecule has 7 heteroatoms. The third kappa shape index (κ3) is 4.20. The molecule has 1 aromatic carbocycles. The lowest BCUT2D eigenvalue weighted by Gasteiger charge is -2.11. The fourth-order valence-electron chi connectivity index (χ4n) is 2.36. The molecule has 0 fully saturated rings. The Morgan fingerprint density at radius 1 is 1.12 bits per heavy atom. The Hall–Kier alpha value is -3.66. The first-order valence-electron chi connectivity index (χ1n) is 7.74. The third-order valence-electron chi connectivity index (χ3n) is 3.50. The predicted octanol–water partition coefficient (Wildman–Crippen LogP) is 3.50. The summed E-state index contributed by atoms with van der Waals surface area (Å²) < 4.78 is 1.61. The van der Waals surface area contributed by atoms with Gasteiger partial charge in [-0.25, -0.2) is 4.79 Å². The van der Waals surface area contributed by atoms with Crippen LogP contribution in [0.25, 0.3) is 11.1 Å². The number of hydrogen-bond donors (Lipinski definition) is 2.